The maximum absolute atomic E-state index is 12.7. The number of nitrogens with one attached hydrogen (secondary N) is 1. The van der Waals surface area contributed by atoms with Gasteiger partial charge >= 0.3 is 0 Å². The summed E-state index contributed by atoms with van der Waals surface area (Å²) in [5.74, 6) is 1.32. The summed E-state index contributed by atoms with van der Waals surface area (Å²) in [6, 6.07) is 6.99. The molecule has 0 atom stereocenters. The van der Waals surface area contributed by atoms with E-state index in [1.807, 2.05) is 17.6 Å². The van der Waals surface area contributed by atoms with Crippen LogP contribution in [0.1, 0.15) is 5.76 Å². The van der Waals surface area contributed by atoms with E-state index in [1.54, 1.807) is 41.5 Å². The Morgan fingerprint density at radius 2 is 2.23 bits per heavy atom. The third-order valence-corrected chi connectivity index (χ3v) is 5.56. The molecule has 0 spiro atoms. The van der Waals surface area contributed by atoms with Gasteiger partial charge in [0.1, 0.15) is 18.4 Å². The van der Waals surface area contributed by atoms with Crippen LogP contribution in [0.25, 0.3) is 17.1 Å². The van der Waals surface area contributed by atoms with Crippen LogP contribution in [0.3, 0.4) is 0 Å². The highest BCUT2D eigenvalue weighted by Crippen LogP contribution is 2.28. The SMILES string of the molecule is C=CCn1c(SCC(=O)Nc2cc(Cl)ccc2-n2cncn2)nnc1-c1ccoc1C. The molecule has 4 aromatic rings. The van der Waals surface area contributed by atoms with Crippen LogP contribution in [0.2, 0.25) is 5.02 Å². The lowest BCUT2D eigenvalue weighted by molar-refractivity contribution is -0.113. The second kappa shape index (κ2) is 9.19. The molecule has 158 valence electrons. The Balaban J connectivity index is 1.50. The average Bonchev–Trinajstić information content (AvgIpc) is 3.49. The molecule has 0 saturated carbocycles. The van der Waals surface area contributed by atoms with Gasteiger partial charge in [-0.2, -0.15) is 5.10 Å². The van der Waals surface area contributed by atoms with Crippen molar-refractivity contribution in [3.8, 4) is 17.1 Å². The van der Waals surface area contributed by atoms with Gasteiger partial charge in [0.2, 0.25) is 5.91 Å². The van der Waals surface area contributed by atoms with Gasteiger partial charge in [-0.25, -0.2) is 9.67 Å². The van der Waals surface area contributed by atoms with E-state index in [0.29, 0.717) is 33.9 Å². The standard InChI is InChI=1S/C20H18ClN7O2S/c1-3-7-27-19(15-6-8-30-13(15)2)25-26-20(27)31-10-18(29)24-16-9-14(21)4-5-17(16)28-12-22-11-23-28/h3-6,8-9,11-12H,1,7,10H2,2H3,(H,24,29). The summed E-state index contributed by atoms with van der Waals surface area (Å²) in [5, 5.41) is 16.6. The zero-order chi connectivity index (χ0) is 21.8. The van der Waals surface area contributed by atoms with Crippen molar-refractivity contribution in [3.05, 3.63) is 66.6 Å². The number of hydrogen-bond acceptors (Lipinski definition) is 7. The summed E-state index contributed by atoms with van der Waals surface area (Å²) in [4.78, 5) is 16.6. The molecule has 31 heavy (non-hydrogen) atoms. The number of halogens is 1. The number of carbonyl (C=O) groups is 1. The molecule has 0 aliphatic heterocycles. The average molecular weight is 456 g/mol. The van der Waals surface area contributed by atoms with Crippen LogP contribution in [-0.4, -0.2) is 41.2 Å². The number of aromatic nitrogens is 6. The van der Waals surface area contributed by atoms with Gasteiger partial charge in [-0.05, 0) is 31.2 Å². The zero-order valence-corrected chi connectivity index (χ0v) is 18.1. The number of amides is 1. The third kappa shape index (κ3) is 4.54. The smallest absolute Gasteiger partial charge is 0.234 e. The highest BCUT2D eigenvalue weighted by molar-refractivity contribution is 7.99. The van der Waals surface area contributed by atoms with Crippen molar-refractivity contribution < 1.29 is 9.21 Å². The van der Waals surface area contributed by atoms with Gasteiger partial charge in [-0.1, -0.05) is 29.4 Å². The van der Waals surface area contributed by atoms with E-state index in [4.69, 9.17) is 16.0 Å². The molecule has 3 aromatic heterocycles. The fourth-order valence-corrected chi connectivity index (χ4v) is 3.88. The molecule has 0 aliphatic carbocycles. The Hall–Kier alpha value is -3.37. The molecular weight excluding hydrogens is 438 g/mol. The molecule has 1 N–H and O–H groups in total. The number of rotatable bonds is 8. The number of furan rings is 1. The summed E-state index contributed by atoms with van der Waals surface area (Å²) >= 11 is 7.39. The molecule has 4 rings (SSSR count). The molecule has 9 nitrogen and oxygen atoms in total. The summed E-state index contributed by atoms with van der Waals surface area (Å²) in [5.41, 5.74) is 2.04. The fourth-order valence-electron chi connectivity index (χ4n) is 2.96. The Kier molecular flexibility index (Phi) is 6.19. The lowest BCUT2D eigenvalue weighted by Gasteiger charge is -2.11. The number of hydrogen-bond donors (Lipinski definition) is 1. The Labute approximate surface area is 187 Å². The second-order valence-corrected chi connectivity index (χ2v) is 7.81. The lowest BCUT2D eigenvalue weighted by Crippen LogP contribution is -2.16. The normalized spacial score (nSPS) is 10.9. The van der Waals surface area contributed by atoms with Crippen LogP contribution in [-0.2, 0) is 11.3 Å². The van der Waals surface area contributed by atoms with E-state index in [-0.39, 0.29) is 11.7 Å². The van der Waals surface area contributed by atoms with Gasteiger partial charge in [0.25, 0.3) is 0 Å². The molecule has 0 bridgehead atoms. The molecule has 11 heteroatoms. The first kappa shape index (κ1) is 20.9. The van der Waals surface area contributed by atoms with E-state index >= 15 is 0 Å². The fraction of sp³-hybridized carbons (Fsp3) is 0.150. The molecule has 1 amide bonds. The van der Waals surface area contributed by atoms with Crippen LogP contribution in [0.15, 0.2) is 65.4 Å². The number of benzene rings is 1. The molecule has 0 aliphatic rings. The highest BCUT2D eigenvalue weighted by atomic mass is 35.5. The molecule has 1 aromatic carbocycles. The van der Waals surface area contributed by atoms with E-state index < -0.39 is 0 Å². The number of nitrogens with zero attached hydrogens (tertiary/aromatic N) is 6. The minimum atomic E-state index is -0.220. The van der Waals surface area contributed by atoms with Crippen LogP contribution >= 0.6 is 23.4 Å². The highest BCUT2D eigenvalue weighted by Gasteiger charge is 2.18. The van der Waals surface area contributed by atoms with Crippen molar-refractivity contribution in [1.29, 1.82) is 0 Å². The third-order valence-electron chi connectivity index (χ3n) is 4.36. The van der Waals surface area contributed by atoms with Crippen LogP contribution in [0, 0.1) is 6.92 Å². The van der Waals surface area contributed by atoms with Crippen LogP contribution in [0.5, 0.6) is 0 Å². The molecule has 0 saturated heterocycles. The van der Waals surface area contributed by atoms with Crippen molar-refractivity contribution >= 4 is 35.0 Å². The Morgan fingerprint density at radius 1 is 1.35 bits per heavy atom. The van der Waals surface area contributed by atoms with Gasteiger partial charge in [-0.3, -0.25) is 9.36 Å². The summed E-state index contributed by atoms with van der Waals surface area (Å²) in [6.45, 7) is 6.16. The lowest BCUT2D eigenvalue weighted by atomic mass is 10.2. The van der Waals surface area contributed by atoms with Gasteiger partial charge < -0.3 is 9.73 Å². The Morgan fingerprint density at radius 3 is 2.94 bits per heavy atom. The first-order chi connectivity index (χ1) is 15.1. The monoisotopic (exact) mass is 455 g/mol. The second-order valence-electron chi connectivity index (χ2n) is 6.43. The summed E-state index contributed by atoms with van der Waals surface area (Å²) in [7, 11) is 0. The topological polar surface area (TPSA) is 104 Å². The molecule has 0 radical (unpaired) electrons. The van der Waals surface area contributed by atoms with Crippen molar-refractivity contribution in [2.45, 2.75) is 18.6 Å². The number of anilines is 1. The van der Waals surface area contributed by atoms with Crippen LogP contribution < -0.4 is 5.32 Å². The van der Waals surface area contributed by atoms with Crippen LogP contribution in [0.4, 0.5) is 5.69 Å². The van der Waals surface area contributed by atoms with E-state index in [1.165, 1.54) is 18.1 Å². The predicted molar refractivity (Wildman–Crippen MR) is 118 cm³/mol. The minimum Gasteiger partial charge on any atom is -0.469 e. The van der Waals surface area contributed by atoms with Crippen molar-refractivity contribution in [2.24, 2.45) is 0 Å². The number of aryl methyl sites for hydroxylation is 1. The van der Waals surface area contributed by atoms with Crippen molar-refractivity contribution in [3.63, 3.8) is 0 Å². The minimum absolute atomic E-state index is 0.128. The van der Waals surface area contributed by atoms with E-state index in [9.17, 15) is 4.79 Å². The van der Waals surface area contributed by atoms with Gasteiger partial charge in [0, 0.05) is 11.6 Å². The predicted octanol–water partition coefficient (Wildman–Crippen LogP) is 4.00. The first-order valence-electron chi connectivity index (χ1n) is 9.22. The van der Waals surface area contributed by atoms with Crippen molar-refractivity contribution in [2.75, 3.05) is 11.1 Å². The zero-order valence-electron chi connectivity index (χ0n) is 16.5. The van der Waals surface area contributed by atoms with Gasteiger partial charge in [0.05, 0.1) is 29.0 Å². The number of thioether (sulfide) groups is 1. The summed E-state index contributed by atoms with van der Waals surface area (Å²) < 4.78 is 8.82. The number of carbonyl (C=O) groups excluding carboxylic acids is 1. The maximum Gasteiger partial charge on any atom is 0.234 e. The van der Waals surface area contributed by atoms with Crippen molar-refractivity contribution in [1.82, 2.24) is 29.5 Å². The molecule has 3 heterocycles. The largest absolute Gasteiger partial charge is 0.469 e. The maximum atomic E-state index is 12.7. The van der Waals surface area contributed by atoms with Gasteiger partial charge in [-0.15, -0.1) is 16.8 Å². The molecule has 0 fully saturated rings. The first-order valence-corrected chi connectivity index (χ1v) is 10.6. The van der Waals surface area contributed by atoms with E-state index in [2.05, 4.69) is 32.2 Å². The molecular formula is C20H18ClN7O2S. The van der Waals surface area contributed by atoms with E-state index in [0.717, 1.165) is 11.3 Å². The number of allylic oxidation sites excluding steroid dienone is 1. The Bertz CT molecular complexity index is 1220. The van der Waals surface area contributed by atoms with Gasteiger partial charge in [0.15, 0.2) is 11.0 Å². The quantitative estimate of drug-likeness (QED) is 0.316. The molecule has 0 unspecified atom stereocenters. The summed E-state index contributed by atoms with van der Waals surface area (Å²) in [6.07, 6.45) is 6.32.